The van der Waals surface area contributed by atoms with Crippen LogP contribution in [0.25, 0.3) is 11.1 Å². The van der Waals surface area contributed by atoms with Gasteiger partial charge in [-0.15, -0.1) is 0 Å². The van der Waals surface area contributed by atoms with Crippen LogP contribution in [0.15, 0.2) is 60.7 Å². The first-order valence-electron chi connectivity index (χ1n) is 6.73. The molecular formula is C18H15ClO3. The molecule has 0 saturated heterocycles. The Morgan fingerprint density at radius 1 is 0.909 bits per heavy atom. The summed E-state index contributed by atoms with van der Waals surface area (Å²) in [5.41, 5.74) is 2.94. The number of hydrogen-bond acceptors (Lipinski definition) is 2. The van der Waals surface area contributed by atoms with Crippen molar-refractivity contribution < 1.29 is 14.7 Å². The molecule has 0 fully saturated rings. The van der Waals surface area contributed by atoms with E-state index in [1.807, 2.05) is 36.4 Å². The van der Waals surface area contributed by atoms with Crippen LogP contribution in [-0.4, -0.2) is 16.9 Å². The van der Waals surface area contributed by atoms with Crippen LogP contribution in [0.4, 0.5) is 0 Å². The standard InChI is InChI=1S/C18H15ClO3/c1-12(11-18(21)22)10-17(20)15-4-2-13(3-5-15)14-6-8-16(19)9-7-14/h2-9H,1,10-11H2,(H,21,22). The first-order chi connectivity index (χ1) is 10.5. The normalized spacial score (nSPS) is 10.2. The fourth-order valence-corrected chi connectivity index (χ4v) is 2.22. The molecule has 112 valence electrons. The molecule has 0 aliphatic carbocycles. The average molecular weight is 315 g/mol. The summed E-state index contributed by atoms with van der Waals surface area (Å²) in [4.78, 5) is 22.6. The van der Waals surface area contributed by atoms with Gasteiger partial charge in [0.05, 0.1) is 6.42 Å². The Hall–Kier alpha value is -2.39. The number of aliphatic carboxylic acids is 1. The quantitative estimate of drug-likeness (QED) is 0.625. The predicted molar refractivity (Wildman–Crippen MR) is 87.2 cm³/mol. The smallest absolute Gasteiger partial charge is 0.307 e. The molecule has 0 aliphatic rings. The highest BCUT2D eigenvalue weighted by Crippen LogP contribution is 2.22. The molecule has 22 heavy (non-hydrogen) atoms. The van der Waals surface area contributed by atoms with Gasteiger partial charge in [0.1, 0.15) is 0 Å². The van der Waals surface area contributed by atoms with Crippen molar-refractivity contribution >= 4 is 23.4 Å². The van der Waals surface area contributed by atoms with Crippen molar-refractivity contribution in [3.63, 3.8) is 0 Å². The number of benzene rings is 2. The Balaban J connectivity index is 2.08. The molecule has 0 radical (unpaired) electrons. The van der Waals surface area contributed by atoms with Crippen LogP contribution in [0.1, 0.15) is 23.2 Å². The third-order valence-electron chi connectivity index (χ3n) is 3.20. The van der Waals surface area contributed by atoms with Gasteiger partial charge in [-0.2, -0.15) is 0 Å². The van der Waals surface area contributed by atoms with E-state index < -0.39 is 5.97 Å². The van der Waals surface area contributed by atoms with Crippen LogP contribution in [0.3, 0.4) is 0 Å². The van der Waals surface area contributed by atoms with Crippen molar-refractivity contribution in [3.8, 4) is 11.1 Å². The number of ketones is 1. The van der Waals surface area contributed by atoms with Crippen molar-refractivity contribution in [1.29, 1.82) is 0 Å². The van der Waals surface area contributed by atoms with E-state index in [2.05, 4.69) is 6.58 Å². The summed E-state index contributed by atoms with van der Waals surface area (Å²) < 4.78 is 0. The molecule has 0 aliphatic heterocycles. The second-order valence-corrected chi connectivity index (χ2v) is 5.44. The van der Waals surface area contributed by atoms with Crippen molar-refractivity contribution in [2.75, 3.05) is 0 Å². The van der Waals surface area contributed by atoms with Crippen LogP contribution in [0, 0.1) is 0 Å². The largest absolute Gasteiger partial charge is 0.481 e. The lowest BCUT2D eigenvalue weighted by molar-refractivity contribution is -0.136. The van der Waals surface area contributed by atoms with Gasteiger partial charge in [0, 0.05) is 17.0 Å². The van der Waals surface area contributed by atoms with Gasteiger partial charge < -0.3 is 5.11 Å². The van der Waals surface area contributed by atoms with Gasteiger partial charge in [-0.1, -0.05) is 60.2 Å². The number of Topliss-reactive ketones (excluding diaryl/α,β-unsaturated/α-hetero) is 1. The van der Waals surface area contributed by atoms with Crippen molar-refractivity contribution in [3.05, 3.63) is 71.3 Å². The molecule has 2 aromatic carbocycles. The summed E-state index contributed by atoms with van der Waals surface area (Å²) in [6, 6.07) is 14.6. The number of halogens is 1. The lowest BCUT2D eigenvalue weighted by Crippen LogP contribution is -2.04. The predicted octanol–water partition coefficient (Wildman–Crippen LogP) is 4.61. The third kappa shape index (κ3) is 4.30. The summed E-state index contributed by atoms with van der Waals surface area (Å²) >= 11 is 5.86. The molecule has 1 N–H and O–H groups in total. The van der Waals surface area contributed by atoms with E-state index in [1.54, 1.807) is 12.1 Å². The van der Waals surface area contributed by atoms with Crippen LogP contribution in [0.5, 0.6) is 0 Å². The summed E-state index contributed by atoms with van der Waals surface area (Å²) in [6.45, 7) is 3.62. The molecule has 2 rings (SSSR count). The first-order valence-corrected chi connectivity index (χ1v) is 7.11. The number of rotatable bonds is 6. The molecule has 0 unspecified atom stereocenters. The van der Waals surface area contributed by atoms with E-state index in [0.717, 1.165) is 11.1 Å². The lowest BCUT2D eigenvalue weighted by atomic mass is 9.99. The van der Waals surface area contributed by atoms with Gasteiger partial charge in [0.2, 0.25) is 0 Å². The molecule has 0 atom stereocenters. The van der Waals surface area contributed by atoms with E-state index in [1.165, 1.54) is 0 Å². The topological polar surface area (TPSA) is 54.4 Å². The summed E-state index contributed by atoms with van der Waals surface area (Å²) in [5, 5.41) is 9.34. The minimum absolute atomic E-state index is 0.0482. The molecular weight excluding hydrogens is 300 g/mol. The van der Waals surface area contributed by atoms with E-state index >= 15 is 0 Å². The molecule has 0 aromatic heterocycles. The van der Waals surface area contributed by atoms with Crippen LogP contribution < -0.4 is 0 Å². The minimum atomic E-state index is -0.976. The van der Waals surface area contributed by atoms with E-state index in [4.69, 9.17) is 16.7 Å². The Labute approximate surface area is 133 Å². The molecule has 0 heterocycles. The Morgan fingerprint density at radius 2 is 1.41 bits per heavy atom. The van der Waals surface area contributed by atoms with Crippen LogP contribution >= 0.6 is 11.6 Å². The average Bonchev–Trinajstić information content (AvgIpc) is 2.47. The zero-order valence-corrected chi connectivity index (χ0v) is 12.6. The lowest BCUT2D eigenvalue weighted by Gasteiger charge is -2.05. The first kappa shape index (κ1) is 16.0. The Morgan fingerprint density at radius 3 is 1.91 bits per heavy atom. The molecule has 0 bridgehead atoms. The third-order valence-corrected chi connectivity index (χ3v) is 3.45. The Bertz CT molecular complexity index is 700. The highest BCUT2D eigenvalue weighted by Gasteiger charge is 2.10. The monoisotopic (exact) mass is 314 g/mol. The zero-order chi connectivity index (χ0) is 16.1. The van der Waals surface area contributed by atoms with Crippen molar-refractivity contribution in [1.82, 2.24) is 0 Å². The molecule has 4 heteroatoms. The second kappa shape index (κ2) is 7.05. The Kier molecular flexibility index (Phi) is 5.12. The highest BCUT2D eigenvalue weighted by molar-refractivity contribution is 6.30. The van der Waals surface area contributed by atoms with Gasteiger partial charge in [0.15, 0.2) is 5.78 Å². The van der Waals surface area contributed by atoms with E-state index in [-0.39, 0.29) is 18.6 Å². The van der Waals surface area contributed by atoms with Crippen molar-refractivity contribution in [2.45, 2.75) is 12.8 Å². The minimum Gasteiger partial charge on any atom is -0.481 e. The second-order valence-electron chi connectivity index (χ2n) is 5.00. The van der Waals surface area contributed by atoms with E-state index in [9.17, 15) is 9.59 Å². The van der Waals surface area contributed by atoms with Gasteiger partial charge in [-0.05, 0) is 23.3 Å². The van der Waals surface area contributed by atoms with Gasteiger partial charge in [-0.3, -0.25) is 9.59 Å². The molecule has 0 saturated carbocycles. The molecule has 0 spiro atoms. The van der Waals surface area contributed by atoms with E-state index in [0.29, 0.717) is 16.2 Å². The number of carbonyl (C=O) groups excluding carboxylic acids is 1. The fraction of sp³-hybridized carbons (Fsp3) is 0.111. The molecule has 3 nitrogen and oxygen atoms in total. The summed E-state index contributed by atoms with van der Waals surface area (Å²) in [6.07, 6.45) is -0.138. The maximum absolute atomic E-state index is 12.1. The highest BCUT2D eigenvalue weighted by atomic mass is 35.5. The number of carboxylic acids is 1. The van der Waals surface area contributed by atoms with Crippen LogP contribution in [0.2, 0.25) is 5.02 Å². The van der Waals surface area contributed by atoms with Crippen LogP contribution in [-0.2, 0) is 4.79 Å². The summed E-state index contributed by atoms with van der Waals surface area (Å²) in [7, 11) is 0. The van der Waals surface area contributed by atoms with Gasteiger partial charge >= 0.3 is 5.97 Å². The zero-order valence-electron chi connectivity index (χ0n) is 11.9. The number of hydrogen-bond donors (Lipinski definition) is 1. The summed E-state index contributed by atoms with van der Waals surface area (Å²) in [5.74, 6) is -1.11. The molecule has 0 amide bonds. The maximum Gasteiger partial charge on any atom is 0.307 e. The van der Waals surface area contributed by atoms with Crippen molar-refractivity contribution in [2.24, 2.45) is 0 Å². The number of carbonyl (C=O) groups is 2. The van der Waals surface area contributed by atoms with Gasteiger partial charge in [0.25, 0.3) is 0 Å². The molecule has 2 aromatic rings. The SMILES string of the molecule is C=C(CC(=O)O)CC(=O)c1ccc(-c2ccc(Cl)cc2)cc1. The van der Waals surface area contributed by atoms with Gasteiger partial charge in [-0.25, -0.2) is 0 Å². The number of carboxylic acid groups (broad SMARTS) is 1. The maximum atomic E-state index is 12.1. The fourth-order valence-electron chi connectivity index (χ4n) is 2.10.